The molecule has 0 bridgehead atoms. The third kappa shape index (κ3) is 2.71. The third-order valence-corrected chi connectivity index (χ3v) is 4.42. The van der Waals surface area contributed by atoms with Crippen LogP contribution in [0, 0.1) is 0 Å². The molecule has 21 heavy (non-hydrogen) atoms. The van der Waals surface area contributed by atoms with E-state index in [0.29, 0.717) is 5.92 Å². The first-order valence-electron chi connectivity index (χ1n) is 7.37. The van der Waals surface area contributed by atoms with Crippen molar-refractivity contribution in [3.63, 3.8) is 0 Å². The summed E-state index contributed by atoms with van der Waals surface area (Å²) in [5, 5.41) is 0. The third-order valence-electron chi connectivity index (χ3n) is 4.42. The predicted octanol–water partition coefficient (Wildman–Crippen LogP) is 3.35. The van der Waals surface area contributed by atoms with Gasteiger partial charge < -0.3 is 14.4 Å². The van der Waals surface area contributed by atoms with Gasteiger partial charge >= 0.3 is 5.97 Å². The second kappa shape index (κ2) is 5.58. The summed E-state index contributed by atoms with van der Waals surface area (Å²) in [5.41, 5.74) is 2.20. The van der Waals surface area contributed by atoms with Gasteiger partial charge in [0.15, 0.2) is 0 Å². The standard InChI is InChI=1S/C17H25NO3/c1-11-10-17(3,4)18(12(2)16(19)21-6)15-9-13(20-5)7-8-14(11)15/h7-9,11-12H,10H2,1-6H3/t11-,12+/m0/s1. The monoisotopic (exact) mass is 291 g/mol. The predicted molar refractivity (Wildman–Crippen MR) is 84.1 cm³/mol. The average molecular weight is 291 g/mol. The molecule has 0 radical (unpaired) electrons. The van der Waals surface area contributed by atoms with Crippen LogP contribution in [0.1, 0.15) is 45.6 Å². The van der Waals surface area contributed by atoms with E-state index in [2.05, 4.69) is 31.7 Å². The highest BCUT2D eigenvalue weighted by molar-refractivity contribution is 5.81. The van der Waals surface area contributed by atoms with Crippen LogP contribution in [0.15, 0.2) is 18.2 Å². The Morgan fingerprint density at radius 2 is 2.05 bits per heavy atom. The molecule has 4 heteroatoms. The summed E-state index contributed by atoms with van der Waals surface area (Å²) in [6, 6.07) is 5.77. The molecule has 4 nitrogen and oxygen atoms in total. The molecule has 0 unspecified atom stereocenters. The molecule has 116 valence electrons. The van der Waals surface area contributed by atoms with E-state index in [-0.39, 0.29) is 17.6 Å². The lowest BCUT2D eigenvalue weighted by atomic mass is 9.79. The lowest BCUT2D eigenvalue weighted by Gasteiger charge is -2.49. The molecule has 1 aromatic rings. The van der Waals surface area contributed by atoms with Gasteiger partial charge in [0.25, 0.3) is 0 Å². The van der Waals surface area contributed by atoms with Crippen molar-refractivity contribution < 1.29 is 14.3 Å². The molecule has 0 amide bonds. The fourth-order valence-corrected chi connectivity index (χ4v) is 3.57. The van der Waals surface area contributed by atoms with Gasteiger partial charge in [-0.15, -0.1) is 0 Å². The van der Waals surface area contributed by atoms with Crippen LogP contribution in [0.2, 0.25) is 0 Å². The second-order valence-corrected chi connectivity index (χ2v) is 6.41. The maximum absolute atomic E-state index is 12.0. The zero-order valence-electron chi connectivity index (χ0n) is 13.8. The summed E-state index contributed by atoms with van der Waals surface area (Å²) in [6.45, 7) is 8.47. The van der Waals surface area contributed by atoms with E-state index in [0.717, 1.165) is 17.9 Å². The first-order chi connectivity index (χ1) is 9.81. The highest BCUT2D eigenvalue weighted by atomic mass is 16.5. The Balaban J connectivity index is 2.56. The number of anilines is 1. The number of carbonyl (C=O) groups is 1. The number of rotatable bonds is 3. The molecule has 1 aromatic carbocycles. The molecule has 0 aliphatic carbocycles. The van der Waals surface area contributed by atoms with Crippen molar-refractivity contribution in [2.75, 3.05) is 19.1 Å². The molecule has 0 saturated heterocycles. The van der Waals surface area contributed by atoms with Gasteiger partial charge in [-0.2, -0.15) is 0 Å². The van der Waals surface area contributed by atoms with Crippen LogP contribution in [0.25, 0.3) is 0 Å². The van der Waals surface area contributed by atoms with Crippen molar-refractivity contribution in [1.29, 1.82) is 0 Å². The number of ether oxygens (including phenoxy) is 2. The number of methoxy groups -OCH3 is 2. The van der Waals surface area contributed by atoms with Crippen molar-refractivity contribution in [1.82, 2.24) is 0 Å². The molecule has 2 atom stereocenters. The topological polar surface area (TPSA) is 38.8 Å². The Hall–Kier alpha value is -1.71. The molecule has 0 fully saturated rings. The van der Waals surface area contributed by atoms with Crippen molar-refractivity contribution in [2.24, 2.45) is 0 Å². The van der Waals surface area contributed by atoms with Gasteiger partial charge in [0.1, 0.15) is 11.8 Å². The minimum absolute atomic E-state index is 0.119. The maximum atomic E-state index is 12.0. The minimum Gasteiger partial charge on any atom is -0.497 e. The Morgan fingerprint density at radius 3 is 2.62 bits per heavy atom. The number of hydrogen-bond donors (Lipinski definition) is 0. The molecule has 0 N–H and O–H groups in total. The summed E-state index contributed by atoms with van der Waals surface area (Å²) < 4.78 is 10.3. The van der Waals surface area contributed by atoms with Crippen molar-refractivity contribution >= 4 is 11.7 Å². The van der Waals surface area contributed by atoms with E-state index in [1.165, 1.54) is 12.7 Å². The van der Waals surface area contributed by atoms with Crippen molar-refractivity contribution in [2.45, 2.75) is 51.6 Å². The largest absolute Gasteiger partial charge is 0.497 e. The van der Waals surface area contributed by atoms with E-state index in [1.807, 2.05) is 19.1 Å². The molecule has 1 heterocycles. The van der Waals surface area contributed by atoms with Gasteiger partial charge in [0, 0.05) is 17.3 Å². The molecule has 0 spiro atoms. The summed E-state index contributed by atoms with van der Waals surface area (Å²) >= 11 is 0. The fraction of sp³-hybridized carbons (Fsp3) is 0.588. The van der Waals surface area contributed by atoms with Gasteiger partial charge in [0.2, 0.25) is 0 Å². The van der Waals surface area contributed by atoms with Crippen molar-refractivity contribution in [3.05, 3.63) is 23.8 Å². The maximum Gasteiger partial charge on any atom is 0.328 e. The van der Waals surface area contributed by atoms with E-state index in [9.17, 15) is 4.79 Å². The van der Waals surface area contributed by atoms with E-state index in [1.54, 1.807) is 7.11 Å². The quantitative estimate of drug-likeness (QED) is 0.801. The molecular weight excluding hydrogens is 266 g/mol. The number of hydrogen-bond acceptors (Lipinski definition) is 4. The first-order valence-corrected chi connectivity index (χ1v) is 7.37. The van der Waals surface area contributed by atoms with Gasteiger partial charge in [0.05, 0.1) is 14.2 Å². The van der Waals surface area contributed by atoms with E-state index in [4.69, 9.17) is 9.47 Å². The smallest absolute Gasteiger partial charge is 0.328 e. The lowest BCUT2D eigenvalue weighted by Crippen LogP contribution is -2.55. The Bertz CT molecular complexity index is 539. The normalized spacial score (nSPS) is 21.4. The molecule has 1 aliphatic heterocycles. The SMILES string of the molecule is COC(=O)[C@@H](C)N1c2cc(OC)ccc2[C@@H](C)CC1(C)C. The number of nitrogens with zero attached hydrogens (tertiary/aromatic N) is 1. The van der Waals surface area contributed by atoms with Crippen LogP contribution in [0.4, 0.5) is 5.69 Å². The Labute approximate surface area is 127 Å². The van der Waals surface area contributed by atoms with Crippen LogP contribution >= 0.6 is 0 Å². The number of fused-ring (bicyclic) bond motifs is 1. The fourth-order valence-electron chi connectivity index (χ4n) is 3.57. The molecule has 0 aromatic heterocycles. The van der Waals surface area contributed by atoms with Gasteiger partial charge in [-0.05, 0) is 44.7 Å². The molecule has 2 rings (SSSR count). The van der Waals surface area contributed by atoms with Crippen LogP contribution < -0.4 is 9.64 Å². The van der Waals surface area contributed by atoms with Crippen LogP contribution in [0.5, 0.6) is 5.75 Å². The zero-order valence-corrected chi connectivity index (χ0v) is 13.8. The number of carbonyl (C=O) groups excluding carboxylic acids is 1. The summed E-state index contributed by atoms with van der Waals surface area (Å²) in [7, 11) is 3.10. The number of esters is 1. The summed E-state index contributed by atoms with van der Waals surface area (Å²) in [4.78, 5) is 14.2. The van der Waals surface area contributed by atoms with Gasteiger partial charge in [-0.1, -0.05) is 13.0 Å². The highest BCUT2D eigenvalue weighted by Crippen LogP contribution is 2.45. The Kier molecular flexibility index (Phi) is 4.17. The van der Waals surface area contributed by atoms with Crippen LogP contribution in [-0.2, 0) is 9.53 Å². The van der Waals surface area contributed by atoms with E-state index < -0.39 is 0 Å². The van der Waals surface area contributed by atoms with Gasteiger partial charge in [-0.3, -0.25) is 0 Å². The van der Waals surface area contributed by atoms with Crippen LogP contribution in [-0.4, -0.2) is 31.8 Å². The lowest BCUT2D eigenvalue weighted by molar-refractivity contribution is -0.142. The number of benzene rings is 1. The van der Waals surface area contributed by atoms with Gasteiger partial charge in [-0.25, -0.2) is 4.79 Å². The zero-order chi connectivity index (χ0) is 15.8. The Morgan fingerprint density at radius 1 is 1.38 bits per heavy atom. The summed E-state index contributed by atoms with van der Waals surface area (Å²) in [5.74, 6) is 1.04. The second-order valence-electron chi connectivity index (χ2n) is 6.41. The van der Waals surface area contributed by atoms with Crippen LogP contribution in [0.3, 0.4) is 0 Å². The first kappa shape index (κ1) is 15.7. The highest BCUT2D eigenvalue weighted by Gasteiger charge is 2.41. The molecule has 0 saturated carbocycles. The van der Waals surface area contributed by atoms with E-state index >= 15 is 0 Å². The molecule has 1 aliphatic rings. The average Bonchev–Trinajstić information content (AvgIpc) is 2.44. The molecular formula is C17H25NO3. The van der Waals surface area contributed by atoms with Crippen molar-refractivity contribution in [3.8, 4) is 5.75 Å². The summed E-state index contributed by atoms with van der Waals surface area (Å²) in [6.07, 6.45) is 0.994. The minimum atomic E-state index is -0.330.